The van der Waals surface area contributed by atoms with Crippen molar-refractivity contribution in [2.24, 2.45) is 0 Å². The highest BCUT2D eigenvalue weighted by atomic mass is 16.5. The Morgan fingerprint density at radius 1 is 0.871 bits per heavy atom. The number of carbonyl (C=O) groups excluding carboxylic acids is 2. The highest BCUT2D eigenvalue weighted by Gasteiger charge is 2.42. The molecule has 1 aromatic rings. The van der Waals surface area contributed by atoms with E-state index in [1.54, 1.807) is 26.4 Å². The first-order valence-corrected chi connectivity index (χ1v) is 11.4. The summed E-state index contributed by atoms with van der Waals surface area (Å²) in [7, 11) is 3.15. The third-order valence-electron chi connectivity index (χ3n) is 6.19. The Hall–Kier alpha value is -2.54. The van der Waals surface area contributed by atoms with E-state index in [2.05, 4.69) is 23.6 Å². The number of carbonyl (C=O) groups is 2. The van der Waals surface area contributed by atoms with Crippen LogP contribution < -0.4 is 9.47 Å². The molecule has 7 nitrogen and oxygen atoms in total. The standard InChI is InChI=1S/C24H35N3O4/c1-5-7-8-9-12-27-23(28)21(18-10-11-19(30-3)20(17-18)31-4)22(24(27)29)26-15-13-25(6-2)14-16-26/h10-11,17H,5-9,12-16H2,1-4H3. The van der Waals surface area contributed by atoms with Crippen LogP contribution in [0.4, 0.5) is 0 Å². The van der Waals surface area contributed by atoms with Crippen LogP contribution >= 0.6 is 0 Å². The van der Waals surface area contributed by atoms with Gasteiger partial charge in [-0.3, -0.25) is 14.5 Å². The predicted octanol–water partition coefficient (Wildman–Crippen LogP) is 3.00. The van der Waals surface area contributed by atoms with Crippen LogP contribution in [-0.2, 0) is 9.59 Å². The zero-order valence-corrected chi connectivity index (χ0v) is 19.3. The molecule has 31 heavy (non-hydrogen) atoms. The molecule has 1 saturated heterocycles. The van der Waals surface area contributed by atoms with Gasteiger partial charge in [0.05, 0.1) is 19.8 Å². The highest BCUT2D eigenvalue weighted by Crippen LogP contribution is 2.36. The van der Waals surface area contributed by atoms with E-state index in [0.717, 1.165) is 58.4 Å². The Kier molecular flexibility index (Phi) is 7.96. The maximum absolute atomic E-state index is 13.4. The first kappa shape index (κ1) is 23.1. The van der Waals surface area contributed by atoms with Gasteiger partial charge in [-0.15, -0.1) is 0 Å². The molecule has 0 aromatic heterocycles. The molecule has 1 aromatic carbocycles. The Labute approximate surface area is 185 Å². The van der Waals surface area contributed by atoms with E-state index in [9.17, 15) is 9.59 Å². The van der Waals surface area contributed by atoms with E-state index in [-0.39, 0.29) is 11.8 Å². The molecule has 2 amide bonds. The smallest absolute Gasteiger partial charge is 0.277 e. The second kappa shape index (κ2) is 10.7. The average molecular weight is 430 g/mol. The monoisotopic (exact) mass is 429 g/mol. The third-order valence-corrected chi connectivity index (χ3v) is 6.19. The van der Waals surface area contributed by atoms with Crippen molar-refractivity contribution in [3.05, 3.63) is 29.5 Å². The summed E-state index contributed by atoms with van der Waals surface area (Å²) < 4.78 is 10.8. The first-order valence-electron chi connectivity index (χ1n) is 11.4. The van der Waals surface area contributed by atoms with Gasteiger partial charge in [0.1, 0.15) is 5.70 Å². The van der Waals surface area contributed by atoms with Crippen LogP contribution in [0.3, 0.4) is 0 Å². The number of benzene rings is 1. The van der Waals surface area contributed by atoms with Crippen LogP contribution in [0.2, 0.25) is 0 Å². The number of imide groups is 1. The number of nitrogens with zero attached hydrogens (tertiary/aromatic N) is 3. The van der Waals surface area contributed by atoms with Crippen LogP contribution in [0.15, 0.2) is 23.9 Å². The Morgan fingerprint density at radius 2 is 1.58 bits per heavy atom. The molecule has 2 heterocycles. The molecule has 7 heteroatoms. The predicted molar refractivity (Wildman–Crippen MR) is 121 cm³/mol. The lowest BCUT2D eigenvalue weighted by Gasteiger charge is -2.36. The zero-order chi connectivity index (χ0) is 22.4. The van der Waals surface area contributed by atoms with Crippen LogP contribution in [-0.4, -0.2) is 80.0 Å². The summed E-state index contributed by atoms with van der Waals surface area (Å²) in [6, 6.07) is 5.42. The molecule has 0 N–H and O–H groups in total. The van der Waals surface area contributed by atoms with Crippen LogP contribution in [0.25, 0.3) is 5.57 Å². The maximum Gasteiger partial charge on any atom is 0.277 e. The molecular weight excluding hydrogens is 394 g/mol. The van der Waals surface area contributed by atoms with Crippen molar-refractivity contribution >= 4 is 17.4 Å². The molecule has 1 fully saturated rings. The molecule has 0 atom stereocenters. The van der Waals surface area contributed by atoms with Crippen molar-refractivity contribution in [1.29, 1.82) is 0 Å². The van der Waals surface area contributed by atoms with Gasteiger partial charge in [-0.25, -0.2) is 0 Å². The van der Waals surface area contributed by atoms with Gasteiger partial charge in [-0.2, -0.15) is 0 Å². The van der Waals surface area contributed by atoms with Crippen molar-refractivity contribution in [2.75, 3.05) is 53.5 Å². The summed E-state index contributed by atoms with van der Waals surface area (Å²) >= 11 is 0. The van der Waals surface area contributed by atoms with Crippen LogP contribution in [0.1, 0.15) is 45.1 Å². The molecule has 0 unspecified atom stereocenters. The van der Waals surface area contributed by atoms with Crippen LogP contribution in [0.5, 0.6) is 11.5 Å². The Balaban J connectivity index is 1.95. The minimum atomic E-state index is -0.207. The fraction of sp³-hybridized carbons (Fsp3) is 0.583. The zero-order valence-electron chi connectivity index (χ0n) is 19.3. The fourth-order valence-corrected chi connectivity index (χ4v) is 4.30. The summed E-state index contributed by atoms with van der Waals surface area (Å²) in [5.74, 6) is 0.764. The molecule has 2 aliphatic rings. The van der Waals surface area contributed by atoms with Crippen molar-refractivity contribution in [3.63, 3.8) is 0 Å². The van der Waals surface area contributed by atoms with Gasteiger partial charge in [-0.1, -0.05) is 39.2 Å². The first-order chi connectivity index (χ1) is 15.0. The summed E-state index contributed by atoms with van der Waals surface area (Å²) in [5.41, 5.74) is 1.70. The van der Waals surface area contributed by atoms with E-state index >= 15 is 0 Å². The minimum Gasteiger partial charge on any atom is -0.493 e. The van der Waals surface area contributed by atoms with Crippen molar-refractivity contribution in [2.45, 2.75) is 39.5 Å². The maximum atomic E-state index is 13.4. The van der Waals surface area contributed by atoms with Gasteiger partial charge in [0, 0.05) is 32.7 Å². The molecule has 0 radical (unpaired) electrons. The van der Waals surface area contributed by atoms with Crippen molar-refractivity contribution < 1.29 is 19.1 Å². The van der Waals surface area contributed by atoms with Gasteiger partial charge >= 0.3 is 0 Å². The lowest BCUT2D eigenvalue weighted by atomic mass is 10.0. The molecule has 2 aliphatic heterocycles. The highest BCUT2D eigenvalue weighted by molar-refractivity contribution is 6.35. The normalized spacial score (nSPS) is 17.7. The van der Waals surface area contributed by atoms with Crippen LogP contribution in [0, 0.1) is 0 Å². The van der Waals surface area contributed by atoms with Gasteiger partial charge in [0.25, 0.3) is 11.8 Å². The average Bonchev–Trinajstić information content (AvgIpc) is 3.05. The van der Waals surface area contributed by atoms with Gasteiger partial charge in [0.15, 0.2) is 11.5 Å². The number of likely N-dealkylation sites (N-methyl/N-ethyl adjacent to an activating group) is 1. The number of ether oxygens (including phenoxy) is 2. The van der Waals surface area contributed by atoms with Gasteiger partial charge < -0.3 is 19.3 Å². The van der Waals surface area contributed by atoms with Crippen molar-refractivity contribution in [3.8, 4) is 11.5 Å². The van der Waals surface area contributed by atoms with Gasteiger partial charge in [0.2, 0.25) is 0 Å². The number of hydrogen-bond donors (Lipinski definition) is 0. The van der Waals surface area contributed by atoms with E-state index in [4.69, 9.17) is 9.47 Å². The number of amides is 2. The molecule has 0 spiro atoms. The number of rotatable bonds is 10. The molecule has 0 bridgehead atoms. The summed E-state index contributed by atoms with van der Waals surface area (Å²) in [6.07, 6.45) is 4.08. The molecule has 170 valence electrons. The summed E-state index contributed by atoms with van der Waals surface area (Å²) in [6.45, 7) is 9.00. The third kappa shape index (κ3) is 4.87. The lowest BCUT2D eigenvalue weighted by molar-refractivity contribution is -0.137. The summed E-state index contributed by atoms with van der Waals surface area (Å²) in [5, 5.41) is 0. The number of hydrogen-bond acceptors (Lipinski definition) is 6. The molecule has 0 aliphatic carbocycles. The van der Waals surface area contributed by atoms with E-state index in [0.29, 0.717) is 34.9 Å². The van der Waals surface area contributed by atoms with E-state index in [1.807, 2.05) is 6.07 Å². The molecular formula is C24H35N3O4. The van der Waals surface area contributed by atoms with Gasteiger partial charge in [-0.05, 0) is 30.7 Å². The SMILES string of the molecule is CCCCCCN1C(=O)C(c2ccc(OC)c(OC)c2)=C(N2CCN(CC)CC2)C1=O. The lowest BCUT2D eigenvalue weighted by Crippen LogP contribution is -2.47. The number of piperazine rings is 1. The Morgan fingerprint density at radius 3 is 2.19 bits per heavy atom. The number of methoxy groups -OCH3 is 2. The summed E-state index contributed by atoms with van der Waals surface area (Å²) in [4.78, 5) is 32.8. The molecule has 0 saturated carbocycles. The minimum absolute atomic E-state index is 0.170. The topological polar surface area (TPSA) is 62.3 Å². The quantitative estimate of drug-likeness (QED) is 0.421. The number of unbranched alkanes of at least 4 members (excludes halogenated alkanes) is 3. The second-order valence-corrected chi connectivity index (χ2v) is 8.04. The second-order valence-electron chi connectivity index (χ2n) is 8.04. The Bertz CT molecular complexity index is 828. The fourth-order valence-electron chi connectivity index (χ4n) is 4.30. The van der Waals surface area contributed by atoms with Crippen molar-refractivity contribution in [1.82, 2.24) is 14.7 Å². The van der Waals surface area contributed by atoms with E-state index < -0.39 is 0 Å². The largest absolute Gasteiger partial charge is 0.493 e. The molecule has 3 rings (SSSR count). The van der Waals surface area contributed by atoms with E-state index in [1.165, 1.54) is 4.90 Å².